The lowest BCUT2D eigenvalue weighted by atomic mass is 10.0. The summed E-state index contributed by atoms with van der Waals surface area (Å²) in [4.78, 5) is 12.3. The Bertz CT molecular complexity index is 932. The van der Waals surface area contributed by atoms with Gasteiger partial charge in [0, 0.05) is 5.02 Å². The number of ether oxygens (including phenoxy) is 1. The van der Waals surface area contributed by atoms with Gasteiger partial charge in [-0.2, -0.15) is 0 Å². The van der Waals surface area contributed by atoms with E-state index in [1.807, 2.05) is 24.3 Å². The molecule has 3 rings (SSSR count). The SMILES string of the molecule is CC(C)c1ccc(OCc2ccc(C(=O)Nc3cc(Cl)ccc3O)o2)cc1. The Balaban J connectivity index is 1.60. The molecule has 0 aliphatic rings. The van der Waals surface area contributed by atoms with Gasteiger partial charge in [0.1, 0.15) is 23.9 Å². The van der Waals surface area contributed by atoms with Crippen LogP contribution in [0.3, 0.4) is 0 Å². The van der Waals surface area contributed by atoms with Crippen LogP contribution in [0.4, 0.5) is 5.69 Å². The van der Waals surface area contributed by atoms with Gasteiger partial charge >= 0.3 is 0 Å². The third kappa shape index (κ3) is 4.83. The van der Waals surface area contributed by atoms with Crippen molar-refractivity contribution < 1.29 is 19.1 Å². The Morgan fingerprint density at radius 1 is 1.15 bits per heavy atom. The molecule has 0 aliphatic carbocycles. The summed E-state index contributed by atoms with van der Waals surface area (Å²) in [6, 6.07) is 15.5. The molecule has 0 bridgehead atoms. The molecular weight excluding hydrogens is 366 g/mol. The molecule has 27 heavy (non-hydrogen) atoms. The highest BCUT2D eigenvalue weighted by Crippen LogP contribution is 2.27. The Hall–Kier alpha value is -2.92. The van der Waals surface area contributed by atoms with Gasteiger partial charge in [-0.3, -0.25) is 4.79 Å². The van der Waals surface area contributed by atoms with Crippen molar-refractivity contribution in [3.8, 4) is 11.5 Å². The Labute approximate surface area is 162 Å². The van der Waals surface area contributed by atoms with E-state index in [2.05, 4.69) is 19.2 Å². The van der Waals surface area contributed by atoms with Crippen LogP contribution < -0.4 is 10.1 Å². The summed E-state index contributed by atoms with van der Waals surface area (Å²) >= 11 is 5.87. The maximum Gasteiger partial charge on any atom is 0.291 e. The fourth-order valence-electron chi connectivity index (χ4n) is 2.47. The van der Waals surface area contributed by atoms with Crippen molar-refractivity contribution in [2.24, 2.45) is 0 Å². The molecule has 6 heteroatoms. The van der Waals surface area contributed by atoms with Crippen molar-refractivity contribution in [3.05, 3.63) is 76.7 Å². The fourth-order valence-corrected chi connectivity index (χ4v) is 2.65. The molecule has 0 aliphatic heterocycles. The van der Waals surface area contributed by atoms with E-state index in [0.29, 0.717) is 16.7 Å². The molecule has 140 valence electrons. The van der Waals surface area contributed by atoms with E-state index in [4.69, 9.17) is 20.8 Å². The number of amides is 1. The van der Waals surface area contributed by atoms with E-state index in [1.165, 1.54) is 23.8 Å². The van der Waals surface area contributed by atoms with Crippen molar-refractivity contribution in [3.63, 3.8) is 0 Å². The summed E-state index contributed by atoms with van der Waals surface area (Å²) in [5, 5.41) is 12.7. The van der Waals surface area contributed by atoms with Crippen molar-refractivity contribution >= 4 is 23.2 Å². The second kappa shape index (κ2) is 8.18. The van der Waals surface area contributed by atoms with Gasteiger partial charge in [-0.1, -0.05) is 37.6 Å². The minimum absolute atomic E-state index is 0.0762. The maximum atomic E-state index is 12.3. The topological polar surface area (TPSA) is 71.7 Å². The third-order valence-electron chi connectivity index (χ3n) is 4.02. The number of carbonyl (C=O) groups excluding carboxylic acids is 1. The Kier molecular flexibility index (Phi) is 5.72. The van der Waals surface area contributed by atoms with Crippen molar-refractivity contribution in [1.82, 2.24) is 0 Å². The van der Waals surface area contributed by atoms with Gasteiger partial charge in [0.25, 0.3) is 5.91 Å². The summed E-state index contributed by atoms with van der Waals surface area (Å²) < 4.78 is 11.2. The molecule has 0 fully saturated rings. The first-order valence-corrected chi connectivity index (χ1v) is 8.91. The van der Waals surface area contributed by atoms with Crippen LogP contribution in [0.5, 0.6) is 11.5 Å². The molecule has 0 saturated heterocycles. The number of hydrogen-bond donors (Lipinski definition) is 2. The predicted molar refractivity (Wildman–Crippen MR) is 105 cm³/mol. The highest BCUT2D eigenvalue weighted by atomic mass is 35.5. The number of phenols is 1. The van der Waals surface area contributed by atoms with Gasteiger partial charge in [0.15, 0.2) is 5.76 Å². The molecule has 1 heterocycles. The molecule has 2 N–H and O–H groups in total. The van der Waals surface area contributed by atoms with Crippen molar-refractivity contribution in [2.45, 2.75) is 26.4 Å². The molecule has 0 unspecified atom stereocenters. The van der Waals surface area contributed by atoms with Crippen LogP contribution in [0.1, 0.15) is 41.6 Å². The van der Waals surface area contributed by atoms with E-state index in [-0.39, 0.29) is 23.8 Å². The average molecular weight is 386 g/mol. The van der Waals surface area contributed by atoms with Gasteiger partial charge in [-0.25, -0.2) is 0 Å². The van der Waals surface area contributed by atoms with Crippen LogP contribution in [-0.4, -0.2) is 11.0 Å². The number of aromatic hydroxyl groups is 1. The molecule has 1 aromatic heterocycles. The number of benzene rings is 2. The summed E-state index contributed by atoms with van der Waals surface area (Å²) in [5.74, 6) is 1.26. The third-order valence-corrected chi connectivity index (χ3v) is 4.26. The van der Waals surface area contributed by atoms with Crippen molar-refractivity contribution in [2.75, 3.05) is 5.32 Å². The largest absolute Gasteiger partial charge is 0.506 e. The number of phenolic OH excluding ortho intramolecular Hbond substituents is 1. The van der Waals surface area contributed by atoms with Crippen LogP contribution >= 0.6 is 11.6 Å². The Morgan fingerprint density at radius 3 is 2.59 bits per heavy atom. The smallest absolute Gasteiger partial charge is 0.291 e. The highest BCUT2D eigenvalue weighted by molar-refractivity contribution is 6.31. The zero-order chi connectivity index (χ0) is 19.4. The number of anilines is 1. The van der Waals surface area contributed by atoms with E-state index >= 15 is 0 Å². The molecule has 0 spiro atoms. The minimum atomic E-state index is -0.486. The first kappa shape index (κ1) is 18.9. The summed E-state index contributed by atoms with van der Waals surface area (Å²) in [6.07, 6.45) is 0. The summed E-state index contributed by atoms with van der Waals surface area (Å²) in [7, 11) is 0. The molecular formula is C21H20ClNO4. The molecule has 0 radical (unpaired) electrons. The lowest BCUT2D eigenvalue weighted by Crippen LogP contribution is -2.11. The van der Waals surface area contributed by atoms with Gasteiger partial charge in [-0.05, 0) is 53.9 Å². The van der Waals surface area contributed by atoms with Crippen molar-refractivity contribution in [1.29, 1.82) is 0 Å². The van der Waals surface area contributed by atoms with Crippen LogP contribution in [0.2, 0.25) is 5.02 Å². The summed E-state index contributed by atoms with van der Waals surface area (Å²) in [5.41, 5.74) is 1.45. The van der Waals surface area contributed by atoms with Crippen LogP contribution in [0.25, 0.3) is 0 Å². The quantitative estimate of drug-likeness (QED) is 0.542. The summed E-state index contributed by atoms with van der Waals surface area (Å²) in [6.45, 7) is 4.47. The number of nitrogens with one attached hydrogen (secondary N) is 1. The molecule has 2 aromatic carbocycles. The molecule has 0 saturated carbocycles. The van der Waals surface area contributed by atoms with Gasteiger partial charge in [0.2, 0.25) is 0 Å². The standard InChI is InChI=1S/C21H20ClNO4/c1-13(2)14-3-6-16(7-4-14)26-12-17-8-10-20(27-17)21(25)23-18-11-15(22)5-9-19(18)24/h3-11,13,24H,12H2,1-2H3,(H,23,25). The van der Waals surface area contributed by atoms with Gasteiger partial charge < -0.3 is 19.6 Å². The van der Waals surface area contributed by atoms with E-state index in [1.54, 1.807) is 12.1 Å². The van der Waals surface area contributed by atoms with Gasteiger partial charge in [0.05, 0.1) is 5.69 Å². The second-order valence-corrected chi connectivity index (χ2v) is 6.83. The fraction of sp³-hybridized carbons (Fsp3) is 0.190. The minimum Gasteiger partial charge on any atom is -0.506 e. The lowest BCUT2D eigenvalue weighted by Gasteiger charge is -2.08. The number of furan rings is 1. The lowest BCUT2D eigenvalue weighted by molar-refractivity contribution is 0.0992. The Morgan fingerprint density at radius 2 is 1.89 bits per heavy atom. The zero-order valence-corrected chi connectivity index (χ0v) is 15.8. The van der Waals surface area contributed by atoms with E-state index in [0.717, 1.165) is 5.75 Å². The number of hydrogen-bond acceptors (Lipinski definition) is 4. The number of carbonyl (C=O) groups is 1. The second-order valence-electron chi connectivity index (χ2n) is 6.39. The first-order chi connectivity index (χ1) is 12.9. The molecule has 3 aromatic rings. The molecule has 5 nitrogen and oxygen atoms in total. The van der Waals surface area contributed by atoms with Crippen LogP contribution in [0.15, 0.2) is 59.0 Å². The molecule has 1 amide bonds. The molecule has 0 atom stereocenters. The van der Waals surface area contributed by atoms with Crippen LogP contribution in [0, 0.1) is 0 Å². The van der Waals surface area contributed by atoms with E-state index in [9.17, 15) is 9.90 Å². The highest BCUT2D eigenvalue weighted by Gasteiger charge is 2.14. The maximum absolute atomic E-state index is 12.3. The monoisotopic (exact) mass is 385 g/mol. The zero-order valence-electron chi connectivity index (χ0n) is 15.0. The van der Waals surface area contributed by atoms with Crippen LogP contribution in [-0.2, 0) is 6.61 Å². The number of halogens is 1. The first-order valence-electron chi connectivity index (χ1n) is 8.53. The predicted octanol–water partition coefficient (Wildman–Crippen LogP) is 5.59. The average Bonchev–Trinajstić information content (AvgIpc) is 3.12. The van der Waals surface area contributed by atoms with Gasteiger partial charge in [-0.15, -0.1) is 0 Å². The number of rotatable bonds is 6. The normalized spacial score (nSPS) is 10.8. The van der Waals surface area contributed by atoms with E-state index < -0.39 is 5.91 Å².